The van der Waals surface area contributed by atoms with Crippen molar-refractivity contribution >= 4 is 0 Å². The summed E-state index contributed by atoms with van der Waals surface area (Å²) in [7, 11) is 0. The van der Waals surface area contributed by atoms with E-state index in [1.807, 2.05) is 0 Å². The lowest BCUT2D eigenvalue weighted by molar-refractivity contribution is 0.184. The molecule has 0 fully saturated rings. The number of aryl methyl sites for hydroxylation is 1. The van der Waals surface area contributed by atoms with Crippen LogP contribution in [0, 0.1) is 0 Å². The highest BCUT2D eigenvalue weighted by atomic mass is 16.3. The molecular weight excluding hydrogens is 166 g/mol. The average Bonchev–Trinajstić information content (AvgIpc) is 2.48. The Kier molecular flexibility index (Phi) is 3.42. The van der Waals surface area contributed by atoms with Gasteiger partial charge in [0.15, 0.2) is 5.82 Å². The van der Waals surface area contributed by atoms with Gasteiger partial charge in [-0.3, -0.25) is 5.10 Å². The third-order valence-electron chi connectivity index (χ3n) is 1.86. The second-order valence-electron chi connectivity index (χ2n) is 3.68. The number of aromatic nitrogens is 3. The third kappa shape index (κ3) is 3.14. The van der Waals surface area contributed by atoms with Crippen molar-refractivity contribution in [2.24, 2.45) is 0 Å². The Balaban J connectivity index is 2.49. The molecule has 0 saturated carbocycles. The zero-order valence-electron chi connectivity index (χ0n) is 8.41. The molecule has 0 spiro atoms. The summed E-state index contributed by atoms with van der Waals surface area (Å²) < 4.78 is 0. The lowest BCUT2D eigenvalue weighted by Gasteiger charge is -1.99. The first-order valence-corrected chi connectivity index (χ1v) is 4.69. The molecule has 0 aromatic carbocycles. The number of aromatic amines is 1. The molecule has 0 radical (unpaired) electrons. The maximum absolute atomic E-state index is 9.07. The molecule has 0 saturated heterocycles. The molecule has 2 N–H and O–H groups in total. The van der Waals surface area contributed by atoms with E-state index in [-0.39, 0.29) is 6.10 Å². The van der Waals surface area contributed by atoms with E-state index in [1.165, 1.54) is 0 Å². The van der Waals surface area contributed by atoms with E-state index in [2.05, 4.69) is 29.0 Å². The fourth-order valence-electron chi connectivity index (χ4n) is 1.03. The number of hydrogen-bond acceptors (Lipinski definition) is 3. The highest BCUT2D eigenvalue weighted by Crippen LogP contribution is 2.08. The van der Waals surface area contributed by atoms with E-state index < -0.39 is 0 Å². The predicted molar refractivity (Wildman–Crippen MR) is 50.5 cm³/mol. The first-order chi connectivity index (χ1) is 6.09. The van der Waals surface area contributed by atoms with Crippen molar-refractivity contribution in [3.05, 3.63) is 11.6 Å². The van der Waals surface area contributed by atoms with Crippen LogP contribution in [0.2, 0.25) is 0 Å². The van der Waals surface area contributed by atoms with E-state index in [0.29, 0.717) is 5.92 Å². The van der Waals surface area contributed by atoms with Gasteiger partial charge in [0, 0.05) is 12.3 Å². The summed E-state index contributed by atoms with van der Waals surface area (Å²) in [6.45, 7) is 5.89. The van der Waals surface area contributed by atoms with Crippen molar-refractivity contribution in [1.29, 1.82) is 0 Å². The van der Waals surface area contributed by atoms with Crippen molar-refractivity contribution in [2.75, 3.05) is 0 Å². The lowest BCUT2D eigenvalue weighted by atomic mass is 10.2. The molecule has 1 aromatic heterocycles. The van der Waals surface area contributed by atoms with Crippen molar-refractivity contribution in [2.45, 2.75) is 45.6 Å². The van der Waals surface area contributed by atoms with Gasteiger partial charge in [0.05, 0.1) is 6.10 Å². The van der Waals surface area contributed by atoms with Gasteiger partial charge in [-0.2, -0.15) is 5.10 Å². The number of H-pyrrole nitrogens is 1. The van der Waals surface area contributed by atoms with Crippen LogP contribution in [0.1, 0.15) is 44.8 Å². The molecule has 0 amide bonds. The number of aliphatic hydroxyl groups excluding tert-OH is 1. The Morgan fingerprint density at radius 2 is 2.08 bits per heavy atom. The normalized spacial score (nSPS) is 13.6. The number of aliphatic hydroxyl groups is 1. The average molecular weight is 183 g/mol. The van der Waals surface area contributed by atoms with Gasteiger partial charge in [-0.15, -0.1) is 0 Å². The van der Waals surface area contributed by atoms with Crippen molar-refractivity contribution in [3.8, 4) is 0 Å². The van der Waals surface area contributed by atoms with Crippen molar-refractivity contribution in [3.63, 3.8) is 0 Å². The largest absolute Gasteiger partial charge is 0.393 e. The maximum Gasteiger partial charge on any atom is 0.153 e. The van der Waals surface area contributed by atoms with Gasteiger partial charge in [-0.25, -0.2) is 4.98 Å². The van der Waals surface area contributed by atoms with Crippen LogP contribution in [0.15, 0.2) is 0 Å². The first-order valence-electron chi connectivity index (χ1n) is 4.69. The first kappa shape index (κ1) is 10.2. The summed E-state index contributed by atoms with van der Waals surface area (Å²) in [5.74, 6) is 2.07. The summed E-state index contributed by atoms with van der Waals surface area (Å²) >= 11 is 0. The van der Waals surface area contributed by atoms with Crippen LogP contribution < -0.4 is 0 Å². The SMILES string of the molecule is CC(O)CCc1nc(C(C)C)n[nH]1. The molecule has 1 heterocycles. The summed E-state index contributed by atoms with van der Waals surface area (Å²) in [5, 5.41) is 16.0. The molecular formula is C9H17N3O. The van der Waals surface area contributed by atoms with Gasteiger partial charge in [-0.1, -0.05) is 13.8 Å². The summed E-state index contributed by atoms with van der Waals surface area (Å²) in [6.07, 6.45) is 1.22. The predicted octanol–water partition coefficient (Wildman–Crippen LogP) is 1.24. The second-order valence-corrected chi connectivity index (χ2v) is 3.68. The number of hydrogen-bond donors (Lipinski definition) is 2. The molecule has 74 valence electrons. The van der Waals surface area contributed by atoms with Gasteiger partial charge >= 0.3 is 0 Å². The fourth-order valence-corrected chi connectivity index (χ4v) is 1.03. The van der Waals surface area contributed by atoms with E-state index in [0.717, 1.165) is 24.5 Å². The van der Waals surface area contributed by atoms with Gasteiger partial charge < -0.3 is 5.11 Å². The zero-order chi connectivity index (χ0) is 9.84. The molecule has 0 bridgehead atoms. The van der Waals surface area contributed by atoms with Crippen LogP contribution in [-0.4, -0.2) is 26.4 Å². The Bertz CT molecular complexity index is 255. The molecule has 1 aromatic rings. The minimum absolute atomic E-state index is 0.271. The minimum Gasteiger partial charge on any atom is -0.393 e. The molecule has 4 nitrogen and oxygen atoms in total. The number of nitrogens with zero attached hydrogens (tertiary/aromatic N) is 2. The summed E-state index contributed by atoms with van der Waals surface area (Å²) in [6, 6.07) is 0. The Morgan fingerprint density at radius 3 is 2.54 bits per heavy atom. The van der Waals surface area contributed by atoms with Crippen LogP contribution in [0.25, 0.3) is 0 Å². The Labute approximate surface area is 78.4 Å². The number of nitrogens with one attached hydrogen (secondary N) is 1. The second kappa shape index (κ2) is 4.37. The Hall–Kier alpha value is -0.900. The van der Waals surface area contributed by atoms with E-state index >= 15 is 0 Å². The standard InChI is InChI=1S/C9H17N3O/c1-6(2)9-10-8(11-12-9)5-4-7(3)13/h6-7,13H,4-5H2,1-3H3,(H,10,11,12). The van der Waals surface area contributed by atoms with Crippen LogP contribution in [0.4, 0.5) is 0 Å². The monoisotopic (exact) mass is 183 g/mol. The summed E-state index contributed by atoms with van der Waals surface area (Å²) in [5.41, 5.74) is 0. The molecule has 0 aliphatic carbocycles. The fraction of sp³-hybridized carbons (Fsp3) is 0.778. The lowest BCUT2D eigenvalue weighted by Crippen LogP contribution is -2.02. The molecule has 1 atom stereocenters. The third-order valence-corrected chi connectivity index (χ3v) is 1.86. The molecule has 0 aliphatic rings. The highest BCUT2D eigenvalue weighted by molar-refractivity contribution is 4.94. The van der Waals surface area contributed by atoms with E-state index in [1.54, 1.807) is 6.92 Å². The van der Waals surface area contributed by atoms with Crippen LogP contribution in [-0.2, 0) is 6.42 Å². The van der Waals surface area contributed by atoms with Crippen LogP contribution >= 0.6 is 0 Å². The van der Waals surface area contributed by atoms with Gasteiger partial charge in [0.2, 0.25) is 0 Å². The van der Waals surface area contributed by atoms with Gasteiger partial charge in [0.25, 0.3) is 0 Å². The maximum atomic E-state index is 9.07. The van der Waals surface area contributed by atoms with Crippen LogP contribution in [0.5, 0.6) is 0 Å². The molecule has 0 aliphatic heterocycles. The van der Waals surface area contributed by atoms with E-state index in [9.17, 15) is 0 Å². The Morgan fingerprint density at radius 1 is 1.38 bits per heavy atom. The van der Waals surface area contributed by atoms with Crippen LogP contribution in [0.3, 0.4) is 0 Å². The zero-order valence-corrected chi connectivity index (χ0v) is 8.41. The van der Waals surface area contributed by atoms with Crippen molar-refractivity contribution in [1.82, 2.24) is 15.2 Å². The number of rotatable bonds is 4. The molecule has 1 unspecified atom stereocenters. The quantitative estimate of drug-likeness (QED) is 0.738. The topological polar surface area (TPSA) is 61.8 Å². The van der Waals surface area contributed by atoms with E-state index in [4.69, 9.17) is 5.11 Å². The molecule has 1 rings (SSSR count). The minimum atomic E-state index is -0.271. The molecule has 4 heteroatoms. The summed E-state index contributed by atoms with van der Waals surface area (Å²) in [4.78, 5) is 4.30. The van der Waals surface area contributed by atoms with Gasteiger partial charge in [0.1, 0.15) is 5.82 Å². The van der Waals surface area contributed by atoms with Crippen molar-refractivity contribution < 1.29 is 5.11 Å². The molecule has 13 heavy (non-hydrogen) atoms. The smallest absolute Gasteiger partial charge is 0.153 e. The highest BCUT2D eigenvalue weighted by Gasteiger charge is 2.07. The van der Waals surface area contributed by atoms with Gasteiger partial charge in [-0.05, 0) is 13.3 Å².